The van der Waals surface area contributed by atoms with Gasteiger partial charge in [-0.15, -0.1) is 0 Å². The number of nitrogens with one attached hydrogen (secondary N) is 1. The zero-order valence-corrected chi connectivity index (χ0v) is 8.53. The lowest BCUT2D eigenvalue weighted by molar-refractivity contribution is -0.117. The quantitative estimate of drug-likeness (QED) is 0.788. The molecule has 0 spiro atoms. The summed E-state index contributed by atoms with van der Waals surface area (Å²) in [7, 11) is 0. The number of carbonyl (C=O) groups is 1. The van der Waals surface area contributed by atoms with Crippen LogP contribution >= 0.6 is 0 Å². The van der Waals surface area contributed by atoms with Crippen LogP contribution in [0.4, 0.5) is 10.1 Å². The minimum Gasteiger partial charge on any atom is -0.322 e. The molecule has 0 aliphatic heterocycles. The van der Waals surface area contributed by atoms with Gasteiger partial charge in [-0.05, 0) is 12.5 Å². The number of halogens is 1. The standard InChI is InChI=1S/C10H14FN3O/c1-2-3-8(12)10(15)14-9-4-5-13-6-7(9)11/h4-6,8H,2-3,12H2,1H3,(H,13,14,15)/t8-/m1/s1. The van der Waals surface area contributed by atoms with Gasteiger partial charge in [0.2, 0.25) is 5.91 Å². The molecule has 15 heavy (non-hydrogen) atoms. The van der Waals surface area contributed by atoms with Crippen LogP contribution in [0.25, 0.3) is 0 Å². The van der Waals surface area contributed by atoms with Crippen LogP contribution in [0.15, 0.2) is 18.5 Å². The third kappa shape index (κ3) is 3.28. The number of aromatic nitrogens is 1. The molecule has 5 heteroatoms. The predicted molar refractivity (Wildman–Crippen MR) is 55.7 cm³/mol. The maximum absolute atomic E-state index is 13.1. The van der Waals surface area contributed by atoms with E-state index >= 15 is 0 Å². The summed E-state index contributed by atoms with van der Waals surface area (Å²) in [4.78, 5) is 15.0. The maximum Gasteiger partial charge on any atom is 0.241 e. The summed E-state index contributed by atoms with van der Waals surface area (Å²) >= 11 is 0. The first-order chi connectivity index (χ1) is 7.15. The SMILES string of the molecule is CCC[C@@H](N)C(=O)Nc1ccncc1F. The Hall–Kier alpha value is -1.49. The van der Waals surface area contributed by atoms with E-state index in [1.165, 1.54) is 12.3 Å². The van der Waals surface area contributed by atoms with Gasteiger partial charge in [0.05, 0.1) is 17.9 Å². The average molecular weight is 211 g/mol. The smallest absolute Gasteiger partial charge is 0.241 e. The Kier molecular flexibility index (Phi) is 4.17. The van der Waals surface area contributed by atoms with Crippen LogP contribution in [-0.4, -0.2) is 16.9 Å². The number of carbonyl (C=O) groups excluding carboxylic acids is 1. The van der Waals surface area contributed by atoms with Crippen LogP contribution in [0.2, 0.25) is 0 Å². The number of rotatable bonds is 4. The van der Waals surface area contributed by atoms with Crippen LogP contribution in [0, 0.1) is 5.82 Å². The van der Waals surface area contributed by atoms with Gasteiger partial charge in [0.15, 0.2) is 5.82 Å². The molecule has 0 radical (unpaired) electrons. The maximum atomic E-state index is 13.1. The van der Waals surface area contributed by atoms with Crippen molar-refractivity contribution in [3.05, 3.63) is 24.3 Å². The van der Waals surface area contributed by atoms with E-state index < -0.39 is 11.9 Å². The highest BCUT2D eigenvalue weighted by molar-refractivity contribution is 5.94. The van der Waals surface area contributed by atoms with E-state index in [0.717, 1.165) is 12.6 Å². The Labute approximate surface area is 87.7 Å². The van der Waals surface area contributed by atoms with Gasteiger partial charge >= 0.3 is 0 Å². The van der Waals surface area contributed by atoms with Gasteiger partial charge in [0.1, 0.15) is 0 Å². The molecule has 1 amide bonds. The van der Waals surface area contributed by atoms with E-state index in [4.69, 9.17) is 5.73 Å². The van der Waals surface area contributed by atoms with Crippen LogP contribution in [0.3, 0.4) is 0 Å². The van der Waals surface area contributed by atoms with E-state index in [1.54, 1.807) is 0 Å². The summed E-state index contributed by atoms with van der Waals surface area (Å²) < 4.78 is 13.1. The normalized spacial score (nSPS) is 12.2. The first-order valence-electron chi connectivity index (χ1n) is 4.81. The lowest BCUT2D eigenvalue weighted by atomic mass is 10.1. The van der Waals surface area contributed by atoms with Crippen molar-refractivity contribution in [2.24, 2.45) is 5.73 Å². The molecule has 0 bridgehead atoms. The van der Waals surface area contributed by atoms with Crippen LogP contribution < -0.4 is 11.1 Å². The van der Waals surface area contributed by atoms with Gasteiger partial charge in [0, 0.05) is 6.20 Å². The van der Waals surface area contributed by atoms with Crippen LogP contribution in [-0.2, 0) is 4.79 Å². The van der Waals surface area contributed by atoms with E-state index in [1.807, 2.05) is 6.92 Å². The minimum absolute atomic E-state index is 0.113. The summed E-state index contributed by atoms with van der Waals surface area (Å²) in [6.07, 6.45) is 3.84. The highest BCUT2D eigenvalue weighted by atomic mass is 19.1. The van der Waals surface area contributed by atoms with Crippen molar-refractivity contribution in [3.8, 4) is 0 Å². The minimum atomic E-state index is -0.595. The van der Waals surface area contributed by atoms with E-state index in [2.05, 4.69) is 10.3 Å². The Morgan fingerprint density at radius 2 is 2.47 bits per heavy atom. The van der Waals surface area contributed by atoms with Crippen molar-refractivity contribution in [2.75, 3.05) is 5.32 Å². The second-order valence-corrected chi connectivity index (χ2v) is 3.24. The summed E-state index contributed by atoms with van der Waals surface area (Å²) in [5.74, 6) is -0.934. The molecule has 0 fully saturated rings. The molecule has 1 rings (SSSR count). The van der Waals surface area contributed by atoms with Gasteiger partial charge < -0.3 is 11.1 Å². The third-order valence-corrected chi connectivity index (χ3v) is 1.97. The summed E-state index contributed by atoms with van der Waals surface area (Å²) in [6.45, 7) is 1.93. The monoisotopic (exact) mass is 211 g/mol. The van der Waals surface area contributed by atoms with Crippen molar-refractivity contribution in [2.45, 2.75) is 25.8 Å². The molecule has 0 saturated carbocycles. The molecule has 4 nitrogen and oxygen atoms in total. The average Bonchev–Trinajstić information content (AvgIpc) is 2.21. The molecule has 3 N–H and O–H groups in total. The third-order valence-electron chi connectivity index (χ3n) is 1.97. The molecule has 82 valence electrons. The van der Waals surface area contributed by atoms with Crippen LogP contribution in [0.5, 0.6) is 0 Å². The predicted octanol–water partition coefficient (Wildman–Crippen LogP) is 1.29. The van der Waals surface area contributed by atoms with Gasteiger partial charge in [-0.1, -0.05) is 13.3 Å². The highest BCUT2D eigenvalue weighted by Gasteiger charge is 2.13. The number of amides is 1. The summed E-state index contributed by atoms with van der Waals surface area (Å²) in [5.41, 5.74) is 5.69. The Morgan fingerprint density at radius 3 is 3.07 bits per heavy atom. The second-order valence-electron chi connectivity index (χ2n) is 3.24. The number of nitrogens with zero attached hydrogens (tertiary/aromatic N) is 1. The Balaban J connectivity index is 2.62. The zero-order valence-electron chi connectivity index (χ0n) is 8.53. The molecule has 1 aromatic heterocycles. The largest absolute Gasteiger partial charge is 0.322 e. The van der Waals surface area contributed by atoms with Crippen molar-refractivity contribution >= 4 is 11.6 Å². The Bertz CT molecular complexity index is 343. The first-order valence-corrected chi connectivity index (χ1v) is 4.81. The summed E-state index contributed by atoms with van der Waals surface area (Å²) in [6, 6.07) is 0.800. The number of hydrogen-bond donors (Lipinski definition) is 2. The lowest BCUT2D eigenvalue weighted by Gasteiger charge is -2.11. The highest BCUT2D eigenvalue weighted by Crippen LogP contribution is 2.11. The summed E-state index contributed by atoms with van der Waals surface area (Å²) in [5, 5.41) is 2.42. The number of hydrogen-bond acceptors (Lipinski definition) is 3. The lowest BCUT2D eigenvalue weighted by Crippen LogP contribution is -2.35. The second kappa shape index (κ2) is 5.41. The fourth-order valence-electron chi connectivity index (χ4n) is 1.14. The molecule has 0 aliphatic carbocycles. The number of anilines is 1. The first kappa shape index (κ1) is 11.6. The van der Waals surface area contributed by atoms with E-state index in [9.17, 15) is 9.18 Å². The number of nitrogens with two attached hydrogens (primary N) is 1. The molecular formula is C10H14FN3O. The fraction of sp³-hybridized carbons (Fsp3) is 0.400. The van der Waals surface area contributed by atoms with E-state index in [0.29, 0.717) is 6.42 Å². The van der Waals surface area contributed by atoms with E-state index in [-0.39, 0.29) is 11.6 Å². The molecule has 0 aliphatic rings. The van der Waals surface area contributed by atoms with Gasteiger partial charge in [-0.2, -0.15) is 0 Å². The molecule has 0 aromatic carbocycles. The fourth-order valence-corrected chi connectivity index (χ4v) is 1.14. The Morgan fingerprint density at radius 1 is 1.73 bits per heavy atom. The number of pyridine rings is 1. The molecule has 1 aromatic rings. The van der Waals surface area contributed by atoms with Crippen LogP contribution in [0.1, 0.15) is 19.8 Å². The molecule has 0 saturated heterocycles. The van der Waals surface area contributed by atoms with Crippen molar-refractivity contribution < 1.29 is 9.18 Å². The zero-order chi connectivity index (χ0) is 11.3. The van der Waals surface area contributed by atoms with Gasteiger partial charge in [-0.25, -0.2) is 4.39 Å². The molecule has 1 atom stereocenters. The van der Waals surface area contributed by atoms with Crippen molar-refractivity contribution in [1.29, 1.82) is 0 Å². The topological polar surface area (TPSA) is 68.0 Å². The van der Waals surface area contributed by atoms with Crippen molar-refractivity contribution in [3.63, 3.8) is 0 Å². The van der Waals surface area contributed by atoms with Crippen molar-refractivity contribution in [1.82, 2.24) is 4.98 Å². The van der Waals surface area contributed by atoms with Gasteiger partial charge in [-0.3, -0.25) is 9.78 Å². The van der Waals surface area contributed by atoms with Gasteiger partial charge in [0.25, 0.3) is 0 Å². The molecule has 1 heterocycles. The molecular weight excluding hydrogens is 197 g/mol. The molecule has 0 unspecified atom stereocenters.